The molecule has 0 aromatic heterocycles. The van der Waals surface area contributed by atoms with Crippen molar-refractivity contribution in [2.24, 2.45) is 0 Å². The lowest BCUT2D eigenvalue weighted by molar-refractivity contribution is -0.123. The topological polar surface area (TPSA) is 41.6 Å². The molecule has 4 heteroatoms. The minimum Gasteiger partial charge on any atom is -0.483 e. The first-order valence-corrected chi connectivity index (χ1v) is 6.75. The highest BCUT2D eigenvalue weighted by atomic mass is 16.5. The van der Waals surface area contributed by atoms with Gasteiger partial charge in [-0.3, -0.25) is 4.79 Å². The second kappa shape index (κ2) is 8.53. The number of carbonyl (C=O) groups is 1. The van der Waals surface area contributed by atoms with E-state index in [4.69, 9.17) is 4.74 Å². The first-order valence-electron chi connectivity index (χ1n) is 6.75. The summed E-state index contributed by atoms with van der Waals surface area (Å²) in [6, 6.07) is 7.82. The third-order valence-electron chi connectivity index (χ3n) is 2.82. The van der Waals surface area contributed by atoms with Gasteiger partial charge in [-0.2, -0.15) is 0 Å². The fourth-order valence-corrected chi connectivity index (χ4v) is 1.75. The molecule has 4 nitrogen and oxygen atoms in total. The number of rotatable bonds is 8. The number of hydrogen-bond acceptors (Lipinski definition) is 3. The number of para-hydroxylation sites is 1. The lowest BCUT2D eigenvalue weighted by Gasteiger charge is -2.11. The SMILES string of the molecule is CCc1ccccc1OCC(=O)NCCCN(C)C. The number of hydrogen-bond donors (Lipinski definition) is 1. The summed E-state index contributed by atoms with van der Waals surface area (Å²) in [7, 11) is 4.04. The molecule has 19 heavy (non-hydrogen) atoms. The van der Waals surface area contributed by atoms with Crippen molar-refractivity contribution >= 4 is 5.91 Å². The summed E-state index contributed by atoms with van der Waals surface area (Å²) in [4.78, 5) is 13.7. The van der Waals surface area contributed by atoms with Gasteiger partial charge in [0.15, 0.2) is 6.61 Å². The number of benzene rings is 1. The van der Waals surface area contributed by atoms with Crippen LogP contribution < -0.4 is 10.1 Å². The summed E-state index contributed by atoms with van der Waals surface area (Å²) in [6.07, 6.45) is 1.85. The second-order valence-corrected chi connectivity index (χ2v) is 4.76. The highest BCUT2D eigenvalue weighted by Crippen LogP contribution is 2.17. The summed E-state index contributed by atoms with van der Waals surface area (Å²) >= 11 is 0. The Morgan fingerprint density at radius 3 is 2.74 bits per heavy atom. The molecule has 1 N–H and O–H groups in total. The standard InChI is InChI=1S/C15H24N2O2/c1-4-13-8-5-6-9-14(13)19-12-15(18)16-10-7-11-17(2)3/h5-6,8-9H,4,7,10-12H2,1-3H3,(H,16,18). The molecule has 0 saturated heterocycles. The van der Waals surface area contributed by atoms with E-state index >= 15 is 0 Å². The maximum absolute atomic E-state index is 11.6. The highest BCUT2D eigenvalue weighted by Gasteiger charge is 2.05. The van der Waals surface area contributed by atoms with E-state index in [9.17, 15) is 4.79 Å². The van der Waals surface area contributed by atoms with Gasteiger partial charge < -0.3 is 15.0 Å². The van der Waals surface area contributed by atoms with Crippen LogP contribution in [0.4, 0.5) is 0 Å². The van der Waals surface area contributed by atoms with Gasteiger partial charge >= 0.3 is 0 Å². The molecule has 1 aromatic rings. The molecule has 0 fully saturated rings. The average Bonchev–Trinajstić information content (AvgIpc) is 2.41. The van der Waals surface area contributed by atoms with Crippen molar-refractivity contribution < 1.29 is 9.53 Å². The Hall–Kier alpha value is -1.55. The molecule has 1 rings (SSSR count). The van der Waals surface area contributed by atoms with Gasteiger partial charge in [-0.1, -0.05) is 25.1 Å². The van der Waals surface area contributed by atoms with E-state index in [2.05, 4.69) is 17.1 Å². The van der Waals surface area contributed by atoms with E-state index < -0.39 is 0 Å². The first kappa shape index (κ1) is 15.5. The van der Waals surface area contributed by atoms with Crippen LogP contribution in [0.3, 0.4) is 0 Å². The van der Waals surface area contributed by atoms with Crippen molar-refractivity contribution in [3.8, 4) is 5.75 Å². The number of aryl methyl sites for hydroxylation is 1. The van der Waals surface area contributed by atoms with E-state index in [1.54, 1.807) is 0 Å². The summed E-state index contributed by atoms with van der Waals surface area (Å²) in [5, 5.41) is 2.86. The Bertz CT molecular complexity index is 391. The van der Waals surface area contributed by atoms with Gasteiger partial charge in [0.25, 0.3) is 5.91 Å². The smallest absolute Gasteiger partial charge is 0.257 e. The van der Waals surface area contributed by atoms with Gasteiger partial charge in [0.1, 0.15) is 5.75 Å². The molecule has 106 valence electrons. The van der Waals surface area contributed by atoms with Crippen LogP contribution in [-0.4, -0.2) is 44.6 Å². The zero-order chi connectivity index (χ0) is 14.1. The number of carbonyl (C=O) groups excluding carboxylic acids is 1. The third-order valence-corrected chi connectivity index (χ3v) is 2.82. The van der Waals surface area contributed by atoms with Crippen LogP contribution in [0.2, 0.25) is 0 Å². The lowest BCUT2D eigenvalue weighted by Crippen LogP contribution is -2.31. The van der Waals surface area contributed by atoms with Crippen LogP contribution >= 0.6 is 0 Å². The Morgan fingerprint density at radius 1 is 1.32 bits per heavy atom. The number of ether oxygens (including phenoxy) is 1. The molecule has 0 saturated carbocycles. The van der Waals surface area contributed by atoms with Crippen LogP contribution in [0.15, 0.2) is 24.3 Å². The molecular formula is C15H24N2O2. The Balaban J connectivity index is 2.26. The molecule has 0 aliphatic heterocycles. The van der Waals surface area contributed by atoms with Gasteiger partial charge in [0.2, 0.25) is 0 Å². The second-order valence-electron chi connectivity index (χ2n) is 4.76. The summed E-state index contributed by atoms with van der Waals surface area (Å²) < 4.78 is 5.55. The molecule has 0 heterocycles. The van der Waals surface area contributed by atoms with Gasteiger partial charge in [-0.25, -0.2) is 0 Å². The molecule has 0 spiro atoms. The minimum atomic E-state index is -0.0651. The number of nitrogens with one attached hydrogen (secondary N) is 1. The molecule has 0 bridgehead atoms. The molecule has 1 aromatic carbocycles. The van der Waals surface area contributed by atoms with Crippen LogP contribution in [0, 0.1) is 0 Å². The summed E-state index contributed by atoms with van der Waals surface area (Å²) in [6.45, 7) is 3.82. The van der Waals surface area contributed by atoms with Crippen molar-refractivity contribution in [2.45, 2.75) is 19.8 Å². The Labute approximate surface area is 115 Å². The molecule has 0 radical (unpaired) electrons. The van der Waals surface area contributed by atoms with Crippen LogP contribution in [0.25, 0.3) is 0 Å². The molecule has 0 unspecified atom stereocenters. The van der Waals surface area contributed by atoms with Gasteiger partial charge in [0, 0.05) is 6.54 Å². The largest absolute Gasteiger partial charge is 0.483 e. The van der Waals surface area contributed by atoms with E-state index in [-0.39, 0.29) is 12.5 Å². The number of amides is 1. The molecule has 0 atom stereocenters. The summed E-state index contributed by atoms with van der Waals surface area (Å²) in [5.74, 6) is 0.734. The van der Waals surface area contributed by atoms with Crippen LogP contribution in [-0.2, 0) is 11.2 Å². The molecule has 0 aliphatic carbocycles. The fourth-order valence-electron chi connectivity index (χ4n) is 1.75. The molecule has 1 amide bonds. The first-order chi connectivity index (χ1) is 9.13. The fraction of sp³-hybridized carbons (Fsp3) is 0.533. The van der Waals surface area contributed by atoms with Crippen LogP contribution in [0.1, 0.15) is 18.9 Å². The zero-order valence-corrected chi connectivity index (χ0v) is 12.1. The van der Waals surface area contributed by atoms with Gasteiger partial charge in [-0.15, -0.1) is 0 Å². The van der Waals surface area contributed by atoms with Crippen molar-refractivity contribution in [3.63, 3.8) is 0 Å². The van der Waals surface area contributed by atoms with Crippen molar-refractivity contribution in [2.75, 3.05) is 33.8 Å². The number of nitrogens with zero attached hydrogens (tertiary/aromatic N) is 1. The predicted octanol–water partition coefficient (Wildman–Crippen LogP) is 1.70. The molecular weight excluding hydrogens is 240 g/mol. The predicted molar refractivity (Wildman–Crippen MR) is 77.5 cm³/mol. The van der Waals surface area contributed by atoms with Gasteiger partial charge in [0.05, 0.1) is 0 Å². The van der Waals surface area contributed by atoms with Crippen molar-refractivity contribution in [3.05, 3.63) is 29.8 Å². The highest BCUT2D eigenvalue weighted by molar-refractivity contribution is 5.77. The monoisotopic (exact) mass is 264 g/mol. The van der Waals surface area contributed by atoms with Crippen LogP contribution in [0.5, 0.6) is 5.75 Å². The lowest BCUT2D eigenvalue weighted by atomic mass is 10.1. The maximum Gasteiger partial charge on any atom is 0.257 e. The van der Waals surface area contributed by atoms with E-state index in [1.165, 1.54) is 0 Å². The Morgan fingerprint density at radius 2 is 2.05 bits per heavy atom. The van der Waals surface area contributed by atoms with E-state index in [0.29, 0.717) is 6.54 Å². The zero-order valence-electron chi connectivity index (χ0n) is 12.1. The summed E-state index contributed by atoms with van der Waals surface area (Å²) in [5.41, 5.74) is 1.13. The maximum atomic E-state index is 11.6. The van der Waals surface area contributed by atoms with Gasteiger partial charge in [-0.05, 0) is 45.1 Å². The van der Waals surface area contributed by atoms with E-state index in [0.717, 1.165) is 30.7 Å². The van der Waals surface area contributed by atoms with Crippen molar-refractivity contribution in [1.82, 2.24) is 10.2 Å². The normalized spacial score (nSPS) is 10.5. The van der Waals surface area contributed by atoms with Crippen molar-refractivity contribution in [1.29, 1.82) is 0 Å². The minimum absolute atomic E-state index is 0.0651. The quantitative estimate of drug-likeness (QED) is 0.727. The van der Waals surface area contributed by atoms with E-state index in [1.807, 2.05) is 38.4 Å². The Kier molecular flexibility index (Phi) is 6.97. The molecule has 0 aliphatic rings. The average molecular weight is 264 g/mol. The third kappa shape index (κ3) is 6.25.